The molecule has 0 N–H and O–H groups in total. The molecule has 4 bridgehead atoms. The van der Waals surface area contributed by atoms with Crippen molar-refractivity contribution >= 4 is 9.08 Å². The highest BCUT2D eigenvalue weighted by Gasteiger charge is 2.66. The molecule has 0 amide bonds. The van der Waals surface area contributed by atoms with Gasteiger partial charge in [-0.3, -0.25) is 0 Å². The lowest BCUT2D eigenvalue weighted by molar-refractivity contribution is 0.0104. The summed E-state index contributed by atoms with van der Waals surface area (Å²) < 4.78 is 39.4. The van der Waals surface area contributed by atoms with E-state index >= 15 is 0 Å². The van der Waals surface area contributed by atoms with E-state index in [1.54, 1.807) is 0 Å². The smallest absolute Gasteiger partial charge is 0.237 e. The molecule has 0 unspecified atom stereocenters. The highest BCUT2D eigenvalue weighted by molar-refractivity contribution is 6.62. The van der Waals surface area contributed by atoms with Crippen molar-refractivity contribution in [3.8, 4) is 0 Å². The van der Waals surface area contributed by atoms with E-state index in [4.69, 9.17) is 0 Å². The zero-order chi connectivity index (χ0) is 9.97. The Kier molecular flexibility index (Phi) is 1.70. The second kappa shape index (κ2) is 2.57. The van der Waals surface area contributed by atoms with Crippen LogP contribution in [0, 0.1) is 17.8 Å². The lowest BCUT2D eigenvalue weighted by Crippen LogP contribution is -2.51. The molecule has 14 heavy (non-hydrogen) atoms. The third kappa shape index (κ3) is 1.12. The van der Waals surface area contributed by atoms with Crippen LogP contribution in [0.5, 0.6) is 0 Å². The summed E-state index contributed by atoms with van der Waals surface area (Å²) in [7, 11) is -5.41. The molecule has 0 heterocycles. The van der Waals surface area contributed by atoms with Crippen LogP contribution >= 0.6 is 0 Å². The second-order valence-electron chi connectivity index (χ2n) is 5.70. The first-order chi connectivity index (χ1) is 6.48. The predicted octanol–water partition coefficient (Wildman–Crippen LogP) is 3.80. The van der Waals surface area contributed by atoms with Gasteiger partial charge >= 0.3 is 9.08 Å². The average molecular weight is 220 g/mol. The van der Waals surface area contributed by atoms with Crippen molar-refractivity contribution in [1.29, 1.82) is 0 Å². The van der Waals surface area contributed by atoms with Gasteiger partial charge in [-0.25, -0.2) is 12.3 Å². The van der Waals surface area contributed by atoms with Gasteiger partial charge in [0.2, 0.25) is 0 Å². The van der Waals surface area contributed by atoms with E-state index in [2.05, 4.69) is 0 Å². The van der Waals surface area contributed by atoms with Crippen LogP contribution in [0.25, 0.3) is 0 Å². The molecule has 0 aliphatic heterocycles. The van der Waals surface area contributed by atoms with Crippen LogP contribution in [0.4, 0.5) is 12.3 Å². The van der Waals surface area contributed by atoms with Crippen molar-refractivity contribution in [3.05, 3.63) is 0 Å². The standard InChI is InChI=1S/C10H15F3Si/c11-14(12,13)10-4-7-1-8(5-10)3-9(2-7)6-10/h7-9H,1-6H2. The van der Waals surface area contributed by atoms with Gasteiger partial charge in [-0.2, -0.15) is 0 Å². The Morgan fingerprint density at radius 2 is 1.14 bits per heavy atom. The highest BCUT2D eigenvalue weighted by atomic mass is 28.5. The molecule has 4 aliphatic rings. The maximum absolute atomic E-state index is 13.1. The van der Waals surface area contributed by atoms with Gasteiger partial charge in [0.25, 0.3) is 0 Å². The van der Waals surface area contributed by atoms with Gasteiger partial charge in [-0.15, -0.1) is 0 Å². The van der Waals surface area contributed by atoms with Crippen molar-refractivity contribution < 1.29 is 12.3 Å². The van der Waals surface area contributed by atoms with Crippen LogP contribution in [0.2, 0.25) is 5.04 Å². The monoisotopic (exact) mass is 220 g/mol. The number of rotatable bonds is 1. The first kappa shape index (κ1) is 9.25. The van der Waals surface area contributed by atoms with Crippen molar-refractivity contribution in [2.75, 3.05) is 0 Å². The van der Waals surface area contributed by atoms with E-state index in [0.29, 0.717) is 37.0 Å². The molecule has 4 aliphatic carbocycles. The SMILES string of the molecule is F[Si](F)(F)C12CC3CC(CC(C3)C1)C2. The molecule has 0 aromatic carbocycles. The molecule has 4 fully saturated rings. The number of hydrogen-bond acceptors (Lipinski definition) is 0. The summed E-state index contributed by atoms with van der Waals surface area (Å²) in [5, 5.41) is -1.12. The van der Waals surface area contributed by atoms with Crippen LogP contribution in [-0.4, -0.2) is 9.08 Å². The van der Waals surface area contributed by atoms with Crippen molar-refractivity contribution in [2.24, 2.45) is 17.8 Å². The number of halogens is 3. The van der Waals surface area contributed by atoms with Gasteiger partial charge in [-0.1, -0.05) is 0 Å². The van der Waals surface area contributed by atoms with Gasteiger partial charge in [0.1, 0.15) is 0 Å². The fourth-order valence-corrected chi connectivity index (χ4v) is 6.02. The maximum atomic E-state index is 13.1. The van der Waals surface area contributed by atoms with Crippen molar-refractivity contribution in [2.45, 2.75) is 43.6 Å². The maximum Gasteiger partial charge on any atom is 0.622 e. The molecular formula is C10H15F3Si. The summed E-state index contributed by atoms with van der Waals surface area (Å²) in [5.41, 5.74) is 0. The molecule has 0 nitrogen and oxygen atoms in total. The van der Waals surface area contributed by atoms with Crippen LogP contribution in [0.1, 0.15) is 38.5 Å². The van der Waals surface area contributed by atoms with Crippen LogP contribution in [-0.2, 0) is 0 Å². The van der Waals surface area contributed by atoms with Gasteiger partial charge < -0.3 is 0 Å². The molecule has 4 saturated carbocycles. The molecule has 4 heteroatoms. The summed E-state index contributed by atoms with van der Waals surface area (Å²) >= 11 is 0. The summed E-state index contributed by atoms with van der Waals surface area (Å²) in [6.07, 6.45) is 4.79. The van der Waals surface area contributed by atoms with E-state index in [1.807, 2.05) is 0 Å². The first-order valence-electron chi connectivity index (χ1n) is 5.55. The van der Waals surface area contributed by atoms with Crippen LogP contribution in [0.15, 0.2) is 0 Å². The minimum Gasteiger partial charge on any atom is -0.237 e. The molecule has 0 spiro atoms. The van der Waals surface area contributed by atoms with E-state index in [0.717, 1.165) is 19.3 Å². The molecule has 0 saturated heterocycles. The molecule has 4 rings (SSSR count). The second-order valence-corrected chi connectivity index (χ2v) is 7.75. The van der Waals surface area contributed by atoms with Gasteiger partial charge in [0.05, 0.1) is 5.04 Å². The Hall–Kier alpha value is 0.00688. The highest BCUT2D eigenvalue weighted by Crippen LogP contribution is 2.68. The fraction of sp³-hybridized carbons (Fsp3) is 1.00. The zero-order valence-corrected chi connectivity index (χ0v) is 9.11. The normalized spacial score (nSPS) is 51.2. The number of hydrogen-bond donors (Lipinski definition) is 0. The minimum absolute atomic E-state index is 0.426. The molecule has 0 aromatic rings. The topological polar surface area (TPSA) is 0 Å². The fourth-order valence-electron chi connectivity index (χ4n) is 4.46. The van der Waals surface area contributed by atoms with E-state index in [9.17, 15) is 12.3 Å². The average Bonchev–Trinajstić information content (AvgIpc) is 1.98. The lowest BCUT2D eigenvalue weighted by atomic mass is 9.56. The summed E-state index contributed by atoms with van der Waals surface area (Å²) in [6.45, 7) is 0. The van der Waals surface area contributed by atoms with Gasteiger partial charge in [0, 0.05) is 0 Å². The van der Waals surface area contributed by atoms with Crippen molar-refractivity contribution in [1.82, 2.24) is 0 Å². The third-order valence-electron chi connectivity index (χ3n) is 4.64. The Morgan fingerprint density at radius 3 is 1.43 bits per heavy atom. The van der Waals surface area contributed by atoms with Crippen LogP contribution in [0.3, 0.4) is 0 Å². The van der Waals surface area contributed by atoms with Gasteiger partial charge in [0.15, 0.2) is 0 Å². The lowest BCUT2D eigenvalue weighted by Gasteiger charge is -2.56. The Morgan fingerprint density at radius 1 is 0.786 bits per heavy atom. The molecular weight excluding hydrogens is 205 g/mol. The molecule has 0 atom stereocenters. The predicted molar refractivity (Wildman–Crippen MR) is 49.9 cm³/mol. The Bertz CT molecular complexity index is 223. The summed E-state index contributed by atoms with van der Waals surface area (Å²) in [5.74, 6) is 1.28. The first-order valence-corrected chi connectivity index (χ1v) is 7.19. The largest absolute Gasteiger partial charge is 0.622 e. The Labute approximate surface area is 83.4 Å². The third-order valence-corrected chi connectivity index (χ3v) is 6.45. The van der Waals surface area contributed by atoms with E-state index in [-0.39, 0.29) is 0 Å². The minimum atomic E-state index is -5.41. The Balaban J connectivity index is 1.95. The molecule has 0 aromatic heterocycles. The molecule has 0 radical (unpaired) electrons. The van der Waals surface area contributed by atoms with Crippen molar-refractivity contribution in [3.63, 3.8) is 0 Å². The summed E-state index contributed by atoms with van der Waals surface area (Å²) in [6, 6.07) is 0. The van der Waals surface area contributed by atoms with E-state index < -0.39 is 14.1 Å². The quantitative estimate of drug-likeness (QED) is 0.465. The zero-order valence-electron chi connectivity index (χ0n) is 8.11. The van der Waals surface area contributed by atoms with Gasteiger partial charge in [-0.05, 0) is 56.3 Å². The molecule has 80 valence electrons. The summed E-state index contributed by atoms with van der Waals surface area (Å²) in [4.78, 5) is 0. The van der Waals surface area contributed by atoms with Crippen LogP contribution < -0.4 is 0 Å². The van der Waals surface area contributed by atoms with E-state index in [1.165, 1.54) is 0 Å².